The highest BCUT2D eigenvalue weighted by atomic mass is 32.2. The van der Waals surface area contributed by atoms with Gasteiger partial charge in [-0.05, 0) is 24.6 Å². The first-order chi connectivity index (χ1) is 8.84. The molecule has 0 amide bonds. The van der Waals surface area contributed by atoms with Gasteiger partial charge in [-0.15, -0.1) is 0 Å². The molecule has 0 saturated heterocycles. The lowest BCUT2D eigenvalue weighted by Crippen LogP contribution is -2.16. The molecule has 2 heterocycles. The average molecular weight is 260 g/mol. The van der Waals surface area contributed by atoms with E-state index in [1.807, 2.05) is 25.3 Å². The Morgan fingerprint density at radius 2 is 2.22 bits per heavy atom. The van der Waals surface area contributed by atoms with Gasteiger partial charge in [0.1, 0.15) is 0 Å². The quantitative estimate of drug-likeness (QED) is 0.489. The zero-order chi connectivity index (χ0) is 12.6. The van der Waals surface area contributed by atoms with Crippen molar-refractivity contribution in [1.29, 1.82) is 0 Å². The van der Waals surface area contributed by atoms with E-state index in [-0.39, 0.29) is 0 Å². The van der Waals surface area contributed by atoms with Crippen LogP contribution in [0.4, 0.5) is 0 Å². The van der Waals surface area contributed by atoms with Crippen molar-refractivity contribution >= 4 is 11.8 Å². The van der Waals surface area contributed by atoms with Gasteiger partial charge in [-0.3, -0.25) is 4.98 Å². The first kappa shape index (κ1) is 13.0. The largest absolute Gasteiger partial charge is 0.312 e. The Hall–Kier alpha value is -1.46. The minimum Gasteiger partial charge on any atom is -0.312 e. The van der Waals surface area contributed by atoms with E-state index in [0.717, 1.165) is 29.7 Å². The molecule has 0 aliphatic carbocycles. The summed E-state index contributed by atoms with van der Waals surface area (Å²) >= 11 is 1.67. The van der Waals surface area contributed by atoms with Crippen LogP contribution in [0.1, 0.15) is 11.3 Å². The molecule has 0 spiro atoms. The molecule has 5 heteroatoms. The van der Waals surface area contributed by atoms with Crippen molar-refractivity contribution in [1.82, 2.24) is 20.3 Å². The van der Waals surface area contributed by atoms with Crippen molar-refractivity contribution in [3.05, 3.63) is 48.0 Å². The summed E-state index contributed by atoms with van der Waals surface area (Å²) in [5, 5.41) is 4.22. The Labute approximate surface area is 111 Å². The van der Waals surface area contributed by atoms with Crippen molar-refractivity contribution in [3.8, 4) is 0 Å². The summed E-state index contributed by atoms with van der Waals surface area (Å²) in [6.45, 7) is 3.76. The summed E-state index contributed by atoms with van der Waals surface area (Å²) in [7, 11) is 0. The van der Waals surface area contributed by atoms with Crippen LogP contribution in [0.5, 0.6) is 0 Å². The SMILES string of the molecule is Cc1ccnc(SCCNCc2cccnc2)n1. The topological polar surface area (TPSA) is 50.7 Å². The minimum absolute atomic E-state index is 0.846. The van der Waals surface area contributed by atoms with Gasteiger partial charge < -0.3 is 5.32 Å². The Kier molecular flexibility index (Phi) is 5.11. The maximum atomic E-state index is 4.34. The Balaban J connectivity index is 1.65. The third-order valence-electron chi connectivity index (χ3n) is 2.33. The molecule has 0 saturated carbocycles. The molecule has 0 bridgehead atoms. The number of hydrogen-bond donors (Lipinski definition) is 1. The molecule has 0 radical (unpaired) electrons. The Morgan fingerprint density at radius 3 is 3.00 bits per heavy atom. The highest BCUT2D eigenvalue weighted by molar-refractivity contribution is 7.99. The van der Waals surface area contributed by atoms with Crippen molar-refractivity contribution < 1.29 is 0 Å². The molecule has 2 aromatic rings. The molecule has 0 aliphatic rings. The van der Waals surface area contributed by atoms with E-state index in [2.05, 4.69) is 26.3 Å². The molecule has 0 aliphatic heterocycles. The van der Waals surface area contributed by atoms with E-state index >= 15 is 0 Å². The van der Waals surface area contributed by atoms with Gasteiger partial charge in [0, 0.05) is 43.1 Å². The number of hydrogen-bond acceptors (Lipinski definition) is 5. The predicted octanol–water partition coefficient (Wildman–Crippen LogP) is 2.06. The molecule has 0 atom stereocenters. The summed E-state index contributed by atoms with van der Waals surface area (Å²) < 4.78 is 0. The molecule has 0 fully saturated rings. The number of thioether (sulfide) groups is 1. The van der Waals surface area contributed by atoms with Gasteiger partial charge in [-0.2, -0.15) is 0 Å². The Morgan fingerprint density at radius 1 is 1.28 bits per heavy atom. The molecule has 0 unspecified atom stereocenters. The first-order valence-corrected chi connectivity index (χ1v) is 6.85. The van der Waals surface area contributed by atoms with E-state index in [9.17, 15) is 0 Å². The third kappa shape index (κ3) is 4.43. The number of aryl methyl sites for hydroxylation is 1. The number of nitrogens with one attached hydrogen (secondary N) is 1. The van der Waals surface area contributed by atoms with Gasteiger partial charge in [0.25, 0.3) is 0 Å². The van der Waals surface area contributed by atoms with Crippen LogP contribution in [-0.2, 0) is 6.54 Å². The summed E-state index contributed by atoms with van der Waals surface area (Å²) in [6, 6.07) is 5.92. The van der Waals surface area contributed by atoms with Crippen LogP contribution < -0.4 is 5.32 Å². The minimum atomic E-state index is 0.846. The van der Waals surface area contributed by atoms with Crippen LogP contribution in [0, 0.1) is 6.92 Å². The van der Waals surface area contributed by atoms with Gasteiger partial charge in [-0.1, -0.05) is 17.8 Å². The summed E-state index contributed by atoms with van der Waals surface area (Å²) in [6.07, 6.45) is 5.46. The zero-order valence-electron chi connectivity index (χ0n) is 10.3. The second-order valence-corrected chi connectivity index (χ2v) is 4.93. The van der Waals surface area contributed by atoms with Crippen molar-refractivity contribution in [2.75, 3.05) is 12.3 Å². The van der Waals surface area contributed by atoms with Gasteiger partial charge in [0.15, 0.2) is 5.16 Å². The van der Waals surface area contributed by atoms with Gasteiger partial charge in [0.05, 0.1) is 0 Å². The number of rotatable bonds is 6. The van der Waals surface area contributed by atoms with Gasteiger partial charge >= 0.3 is 0 Å². The Bertz CT molecular complexity index is 475. The molecular weight excluding hydrogens is 244 g/mol. The summed E-state index contributed by atoms with van der Waals surface area (Å²) in [5.74, 6) is 0.962. The molecule has 94 valence electrons. The smallest absolute Gasteiger partial charge is 0.187 e. The zero-order valence-corrected chi connectivity index (χ0v) is 11.2. The summed E-state index contributed by atoms with van der Waals surface area (Å²) in [4.78, 5) is 12.6. The van der Waals surface area contributed by atoms with Gasteiger partial charge in [-0.25, -0.2) is 9.97 Å². The second kappa shape index (κ2) is 7.08. The van der Waals surface area contributed by atoms with E-state index < -0.39 is 0 Å². The molecule has 2 aromatic heterocycles. The fraction of sp³-hybridized carbons (Fsp3) is 0.308. The third-order valence-corrected chi connectivity index (χ3v) is 3.20. The lowest BCUT2D eigenvalue weighted by molar-refractivity contribution is 0.728. The second-order valence-electron chi connectivity index (χ2n) is 3.87. The maximum Gasteiger partial charge on any atom is 0.187 e. The molecular formula is C13H16N4S. The van der Waals surface area contributed by atoms with Crippen LogP contribution in [0.3, 0.4) is 0 Å². The number of aromatic nitrogens is 3. The van der Waals surface area contributed by atoms with Gasteiger partial charge in [0.2, 0.25) is 0 Å². The van der Waals surface area contributed by atoms with E-state index in [0.29, 0.717) is 0 Å². The van der Waals surface area contributed by atoms with Crippen LogP contribution in [0.2, 0.25) is 0 Å². The predicted molar refractivity (Wildman–Crippen MR) is 73.4 cm³/mol. The number of nitrogens with zero attached hydrogens (tertiary/aromatic N) is 3. The molecule has 1 N–H and O–H groups in total. The van der Waals surface area contributed by atoms with Crippen LogP contribution >= 0.6 is 11.8 Å². The highest BCUT2D eigenvalue weighted by Crippen LogP contribution is 2.10. The van der Waals surface area contributed by atoms with Crippen LogP contribution in [0.15, 0.2) is 41.9 Å². The molecule has 2 rings (SSSR count). The normalized spacial score (nSPS) is 10.5. The standard InChI is InChI=1S/C13H16N4S/c1-11-4-6-16-13(17-11)18-8-7-15-10-12-3-2-5-14-9-12/h2-6,9,15H,7-8,10H2,1H3. The summed E-state index contributed by atoms with van der Waals surface area (Å²) in [5.41, 5.74) is 2.21. The monoisotopic (exact) mass is 260 g/mol. The maximum absolute atomic E-state index is 4.34. The molecule has 18 heavy (non-hydrogen) atoms. The lowest BCUT2D eigenvalue weighted by atomic mass is 10.3. The first-order valence-electron chi connectivity index (χ1n) is 5.86. The van der Waals surface area contributed by atoms with E-state index in [1.54, 1.807) is 24.2 Å². The lowest BCUT2D eigenvalue weighted by Gasteiger charge is -2.04. The highest BCUT2D eigenvalue weighted by Gasteiger charge is 1.97. The number of pyridine rings is 1. The van der Waals surface area contributed by atoms with E-state index in [1.165, 1.54) is 5.56 Å². The van der Waals surface area contributed by atoms with E-state index in [4.69, 9.17) is 0 Å². The van der Waals surface area contributed by atoms with Crippen LogP contribution in [0.25, 0.3) is 0 Å². The molecule has 0 aromatic carbocycles. The average Bonchev–Trinajstić information content (AvgIpc) is 2.40. The fourth-order valence-corrected chi connectivity index (χ4v) is 2.22. The van der Waals surface area contributed by atoms with Crippen molar-refractivity contribution in [2.45, 2.75) is 18.6 Å². The van der Waals surface area contributed by atoms with Crippen LogP contribution in [-0.4, -0.2) is 27.2 Å². The fourth-order valence-electron chi connectivity index (χ4n) is 1.45. The molecule has 4 nitrogen and oxygen atoms in total. The van der Waals surface area contributed by atoms with Crippen molar-refractivity contribution in [2.24, 2.45) is 0 Å². The van der Waals surface area contributed by atoms with Crippen molar-refractivity contribution in [3.63, 3.8) is 0 Å².